The van der Waals surface area contributed by atoms with E-state index in [0.29, 0.717) is 0 Å². The standard InChI is InChI=1S/C16H22BN3O2/c1-10(2)12-8-13(19-20-9-11(3)18-14(12)20)17-21-15(4,5)16(6,7)22-17/h8-9H,1H2,2-7H3. The Balaban J connectivity index is 2.11. The molecule has 116 valence electrons. The molecule has 0 saturated carbocycles. The summed E-state index contributed by atoms with van der Waals surface area (Å²) in [5.74, 6) is 0. The summed E-state index contributed by atoms with van der Waals surface area (Å²) in [7, 11) is -0.491. The number of rotatable bonds is 2. The maximum Gasteiger partial charge on any atom is 0.516 e. The lowest BCUT2D eigenvalue weighted by molar-refractivity contribution is 0.00578. The molecule has 5 nitrogen and oxygen atoms in total. The van der Waals surface area contributed by atoms with Crippen LogP contribution in [0.1, 0.15) is 45.9 Å². The smallest absolute Gasteiger partial charge is 0.398 e. The zero-order valence-corrected chi connectivity index (χ0v) is 14.1. The van der Waals surface area contributed by atoms with Gasteiger partial charge in [-0.25, -0.2) is 9.50 Å². The molecular weight excluding hydrogens is 277 g/mol. The van der Waals surface area contributed by atoms with E-state index in [-0.39, 0.29) is 11.2 Å². The van der Waals surface area contributed by atoms with Crippen LogP contribution < -0.4 is 5.59 Å². The van der Waals surface area contributed by atoms with Crippen LogP contribution >= 0.6 is 0 Å². The van der Waals surface area contributed by atoms with E-state index in [4.69, 9.17) is 9.31 Å². The number of hydrogen-bond donors (Lipinski definition) is 0. The van der Waals surface area contributed by atoms with Crippen LogP contribution in [0.3, 0.4) is 0 Å². The van der Waals surface area contributed by atoms with E-state index in [1.165, 1.54) is 0 Å². The maximum absolute atomic E-state index is 6.09. The Morgan fingerprint density at radius 2 is 1.82 bits per heavy atom. The Morgan fingerprint density at radius 3 is 2.36 bits per heavy atom. The van der Waals surface area contributed by atoms with Crippen LogP contribution in [0.2, 0.25) is 0 Å². The van der Waals surface area contributed by atoms with Crippen LogP contribution in [0.5, 0.6) is 0 Å². The molecule has 0 unspecified atom stereocenters. The Bertz CT molecular complexity index is 748. The third-order valence-electron chi connectivity index (χ3n) is 4.52. The molecule has 2 aromatic heterocycles. The van der Waals surface area contributed by atoms with Gasteiger partial charge in [0.25, 0.3) is 0 Å². The SMILES string of the molecule is C=C(C)c1cc(B2OC(C)(C)C(C)(C)O2)nn2cc(C)nc12. The molecule has 0 N–H and O–H groups in total. The summed E-state index contributed by atoms with van der Waals surface area (Å²) in [4.78, 5) is 4.52. The van der Waals surface area contributed by atoms with Crippen molar-refractivity contribution in [3.8, 4) is 0 Å². The summed E-state index contributed by atoms with van der Waals surface area (Å²) in [6.45, 7) is 16.1. The normalized spacial score (nSPS) is 19.8. The Labute approximate surface area is 131 Å². The molecule has 0 aromatic carbocycles. The maximum atomic E-state index is 6.09. The molecule has 22 heavy (non-hydrogen) atoms. The van der Waals surface area contributed by atoms with Gasteiger partial charge in [0.15, 0.2) is 5.65 Å². The summed E-state index contributed by atoms with van der Waals surface area (Å²) in [6, 6.07) is 1.96. The highest BCUT2D eigenvalue weighted by atomic mass is 16.7. The third kappa shape index (κ3) is 2.27. The summed E-state index contributed by atoms with van der Waals surface area (Å²) in [6.07, 6.45) is 1.90. The molecule has 1 fully saturated rings. The number of fused-ring (bicyclic) bond motifs is 1. The summed E-state index contributed by atoms with van der Waals surface area (Å²) < 4.78 is 14.0. The Morgan fingerprint density at radius 1 is 1.23 bits per heavy atom. The van der Waals surface area contributed by atoms with Gasteiger partial charge in [0, 0.05) is 5.56 Å². The largest absolute Gasteiger partial charge is 0.516 e. The van der Waals surface area contributed by atoms with Crippen LogP contribution in [-0.4, -0.2) is 32.9 Å². The fraction of sp³-hybridized carbons (Fsp3) is 0.500. The zero-order valence-electron chi connectivity index (χ0n) is 14.1. The lowest BCUT2D eigenvalue weighted by Crippen LogP contribution is -2.41. The van der Waals surface area contributed by atoms with Crippen LogP contribution in [0.4, 0.5) is 0 Å². The van der Waals surface area contributed by atoms with Crippen molar-refractivity contribution in [3.05, 3.63) is 30.1 Å². The number of aromatic nitrogens is 3. The number of nitrogens with zero attached hydrogens (tertiary/aromatic N) is 3. The molecule has 0 bridgehead atoms. The van der Waals surface area contributed by atoms with Gasteiger partial charge in [-0.05, 0) is 53.2 Å². The van der Waals surface area contributed by atoms with E-state index in [9.17, 15) is 0 Å². The van der Waals surface area contributed by atoms with Crippen molar-refractivity contribution >= 4 is 23.9 Å². The van der Waals surface area contributed by atoms with Crippen molar-refractivity contribution in [3.63, 3.8) is 0 Å². The zero-order chi connectivity index (χ0) is 16.3. The molecule has 3 rings (SSSR count). The van der Waals surface area contributed by atoms with Gasteiger partial charge in [0.2, 0.25) is 0 Å². The summed E-state index contributed by atoms with van der Waals surface area (Å²) in [5.41, 5.74) is 3.60. The second-order valence-electron chi connectivity index (χ2n) is 7.00. The number of aryl methyl sites for hydroxylation is 1. The van der Waals surface area contributed by atoms with E-state index >= 15 is 0 Å². The van der Waals surface area contributed by atoms with Crippen molar-refractivity contribution in [2.45, 2.75) is 52.7 Å². The first-order valence-electron chi connectivity index (χ1n) is 7.49. The van der Waals surface area contributed by atoms with Crippen molar-refractivity contribution in [1.29, 1.82) is 0 Å². The van der Waals surface area contributed by atoms with Gasteiger partial charge in [0.1, 0.15) is 0 Å². The van der Waals surface area contributed by atoms with E-state index in [1.54, 1.807) is 4.52 Å². The predicted octanol–water partition coefficient (Wildman–Crippen LogP) is 2.37. The van der Waals surface area contributed by atoms with Crippen molar-refractivity contribution in [1.82, 2.24) is 14.6 Å². The van der Waals surface area contributed by atoms with Crippen molar-refractivity contribution in [2.75, 3.05) is 0 Å². The molecule has 1 saturated heterocycles. The van der Waals surface area contributed by atoms with Crippen LogP contribution in [0.15, 0.2) is 18.8 Å². The number of allylic oxidation sites excluding steroid dienone is 1. The predicted molar refractivity (Wildman–Crippen MR) is 88.1 cm³/mol. The van der Waals surface area contributed by atoms with Gasteiger partial charge in [-0.2, -0.15) is 5.10 Å². The molecule has 0 amide bonds. The molecule has 2 aromatic rings. The van der Waals surface area contributed by atoms with Gasteiger partial charge in [-0.1, -0.05) is 6.58 Å². The summed E-state index contributed by atoms with van der Waals surface area (Å²) >= 11 is 0. The van der Waals surface area contributed by atoms with E-state index < -0.39 is 7.12 Å². The second-order valence-corrected chi connectivity index (χ2v) is 7.00. The first-order valence-corrected chi connectivity index (χ1v) is 7.49. The monoisotopic (exact) mass is 299 g/mol. The van der Waals surface area contributed by atoms with Crippen LogP contribution in [0, 0.1) is 6.92 Å². The van der Waals surface area contributed by atoms with E-state index in [1.807, 2.05) is 53.8 Å². The minimum absolute atomic E-state index is 0.386. The minimum atomic E-state index is -0.491. The fourth-order valence-electron chi connectivity index (χ4n) is 2.50. The lowest BCUT2D eigenvalue weighted by atomic mass is 9.83. The minimum Gasteiger partial charge on any atom is -0.398 e. The molecule has 0 spiro atoms. The van der Waals surface area contributed by atoms with Gasteiger partial charge >= 0.3 is 7.12 Å². The quantitative estimate of drug-likeness (QED) is 0.799. The topological polar surface area (TPSA) is 48.7 Å². The lowest BCUT2D eigenvalue weighted by Gasteiger charge is -2.32. The van der Waals surface area contributed by atoms with Gasteiger partial charge in [-0.15, -0.1) is 0 Å². The average Bonchev–Trinajstić information content (AvgIpc) is 2.84. The molecule has 1 aliphatic heterocycles. The molecule has 1 aliphatic rings. The first-order chi connectivity index (χ1) is 10.1. The Hall–Kier alpha value is -1.66. The highest BCUT2D eigenvalue weighted by molar-refractivity contribution is 6.61. The molecule has 0 radical (unpaired) electrons. The highest BCUT2D eigenvalue weighted by Gasteiger charge is 2.52. The fourth-order valence-corrected chi connectivity index (χ4v) is 2.50. The Kier molecular flexibility index (Phi) is 3.24. The van der Waals surface area contributed by atoms with Gasteiger partial charge < -0.3 is 9.31 Å². The number of hydrogen-bond acceptors (Lipinski definition) is 4. The van der Waals surface area contributed by atoms with Gasteiger partial charge in [-0.3, -0.25) is 0 Å². The second kappa shape index (κ2) is 4.67. The molecule has 0 atom stereocenters. The van der Waals surface area contributed by atoms with Gasteiger partial charge in [0.05, 0.1) is 28.7 Å². The molecule has 0 aliphatic carbocycles. The highest BCUT2D eigenvalue weighted by Crippen LogP contribution is 2.36. The van der Waals surface area contributed by atoms with Crippen LogP contribution in [0.25, 0.3) is 11.2 Å². The van der Waals surface area contributed by atoms with Crippen molar-refractivity contribution in [2.24, 2.45) is 0 Å². The summed E-state index contributed by atoms with van der Waals surface area (Å²) in [5, 5.41) is 4.62. The van der Waals surface area contributed by atoms with E-state index in [2.05, 4.69) is 16.7 Å². The molecule has 3 heterocycles. The first kappa shape index (κ1) is 15.2. The van der Waals surface area contributed by atoms with Crippen LogP contribution in [-0.2, 0) is 9.31 Å². The molecule has 6 heteroatoms. The molecular formula is C16H22BN3O2. The average molecular weight is 299 g/mol. The number of imidazole rings is 1. The van der Waals surface area contributed by atoms with Crippen molar-refractivity contribution < 1.29 is 9.31 Å². The third-order valence-corrected chi connectivity index (χ3v) is 4.52. The van der Waals surface area contributed by atoms with E-state index in [0.717, 1.165) is 28.1 Å².